The lowest BCUT2D eigenvalue weighted by Crippen LogP contribution is -2.41. The molecule has 2 aromatic carbocycles. The van der Waals surface area contributed by atoms with Gasteiger partial charge in [-0.3, -0.25) is 9.59 Å². The number of hydrogen-bond donors (Lipinski definition) is 4. The van der Waals surface area contributed by atoms with Gasteiger partial charge in [0.25, 0.3) is 11.8 Å². The minimum atomic E-state index is -0.566. The topological polar surface area (TPSA) is 141 Å². The summed E-state index contributed by atoms with van der Waals surface area (Å²) in [4.78, 5) is 25.7. The van der Waals surface area contributed by atoms with E-state index in [2.05, 4.69) is 24.5 Å². The molecule has 3 atom stereocenters. The van der Waals surface area contributed by atoms with Gasteiger partial charge in [0.15, 0.2) is 5.76 Å². The molecule has 0 aromatic heterocycles. The van der Waals surface area contributed by atoms with Crippen LogP contribution in [0.5, 0.6) is 0 Å². The lowest BCUT2D eigenvalue weighted by molar-refractivity contribution is -0.177. The van der Waals surface area contributed by atoms with E-state index in [1.54, 1.807) is 48.5 Å². The predicted octanol–water partition coefficient (Wildman–Crippen LogP) is 3.72. The Bertz CT molecular complexity index is 1140. The van der Waals surface area contributed by atoms with E-state index in [0.29, 0.717) is 56.4 Å². The van der Waals surface area contributed by atoms with E-state index < -0.39 is 6.29 Å². The highest BCUT2D eigenvalue weighted by Crippen LogP contribution is 2.36. The Morgan fingerprint density at radius 3 is 2.37 bits per heavy atom. The maximum atomic E-state index is 13.1. The lowest BCUT2D eigenvalue weighted by Gasteiger charge is -2.38. The number of ether oxygens (including phenoxy) is 4. The largest absolute Gasteiger partial charge is 0.459 e. The summed E-state index contributed by atoms with van der Waals surface area (Å²) in [7, 11) is 0. The number of aliphatic hydroxyl groups is 1. The third kappa shape index (κ3) is 9.86. The molecular formula is C31H43N3O7. The third-order valence-electron chi connectivity index (χ3n) is 6.84. The molecule has 1 aliphatic heterocycles. The molecule has 0 spiro atoms. The number of aliphatic hydroxyl groups excluding tert-OH is 1. The fourth-order valence-corrected chi connectivity index (χ4v) is 4.65. The van der Waals surface area contributed by atoms with Crippen LogP contribution >= 0.6 is 0 Å². The highest BCUT2D eigenvalue weighted by Gasteiger charge is 2.38. The number of para-hydroxylation sites is 2. The SMILES string of the molecule is CCO[C@@H]1OC(C(=O)NCc2ccc(C(=O)Nc3ccccc3N)cc2)=C[C@H](C(C)C)[C@H]1CCOCCOCCO. The number of allylic oxidation sites excluding steroid dienone is 1. The molecule has 0 fully saturated rings. The average Bonchev–Trinajstić information content (AvgIpc) is 2.97. The lowest BCUT2D eigenvalue weighted by atomic mass is 9.79. The van der Waals surface area contributed by atoms with Crippen molar-refractivity contribution in [2.45, 2.75) is 40.0 Å². The monoisotopic (exact) mass is 569 g/mol. The number of nitrogens with two attached hydrogens (primary N) is 1. The van der Waals surface area contributed by atoms with Crippen LogP contribution in [0.25, 0.3) is 0 Å². The van der Waals surface area contributed by atoms with Gasteiger partial charge in [0.05, 0.1) is 37.8 Å². The highest BCUT2D eigenvalue weighted by atomic mass is 16.7. The third-order valence-corrected chi connectivity index (χ3v) is 6.84. The minimum Gasteiger partial charge on any atom is -0.459 e. The summed E-state index contributed by atoms with van der Waals surface area (Å²) in [5, 5.41) is 14.5. The van der Waals surface area contributed by atoms with Crippen LogP contribution in [0.15, 0.2) is 60.4 Å². The second kappa shape index (κ2) is 16.7. The number of nitrogen functional groups attached to an aromatic ring is 1. The Labute approximate surface area is 242 Å². The Morgan fingerprint density at radius 2 is 1.71 bits per heavy atom. The molecule has 1 heterocycles. The van der Waals surface area contributed by atoms with Crippen LogP contribution in [0.2, 0.25) is 0 Å². The molecule has 10 nitrogen and oxygen atoms in total. The molecule has 0 aliphatic carbocycles. The van der Waals surface area contributed by atoms with Crippen molar-refractivity contribution < 1.29 is 33.6 Å². The number of amides is 2. The number of hydrogen-bond acceptors (Lipinski definition) is 8. The highest BCUT2D eigenvalue weighted by molar-refractivity contribution is 6.05. The first-order valence-corrected chi connectivity index (χ1v) is 14.1. The van der Waals surface area contributed by atoms with Gasteiger partial charge < -0.3 is 40.4 Å². The Hall–Kier alpha value is -3.44. The first kappa shape index (κ1) is 32.1. The molecule has 0 saturated carbocycles. The summed E-state index contributed by atoms with van der Waals surface area (Å²) in [5.74, 6) is -0.00412. The van der Waals surface area contributed by atoms with Crippen LogP contribution in [0, 0.1) is 17.8 Å². The van der Waals surface area contributed by atoms with Gasteiger partial charge in [0.2, 0.25) is 6.29 Å². The van der Waals surface area contributed by atoms with Gasteiger partial charge in [-0.25, -0.2) is 0 Å². The number of rotatable bonds is 16. The molecule has 224 valence electrons. The van der Waals surface area contributed by atoms with Gasteiger partial charge in [-0.05, 0) is 61.1 Å². The Kier molecular flexibility index (Phi) is 13.1. The molecule has 41 heavy (non-hydrogen) atoms. The van der Waals surface area contributed by atoms with Crippen LogP contribution < -0.4 is 16.4 Å². The number of carbonyl (C=O) groups is 2. The van der Waals surface area contributed by atoms with Crippen molar-refractivity contribution in [2.24, 2.45) is 17.8 Å². The molecule has 0 radical (unpaired) electrons. The van der Waals surface area contributed by atoms with Gasteiger partial charge in [-0.1, -0.05) is 38.1 Å². The smallest absolute Gasteiger partial charge is 0.286 e. The van der Waals surface area contributed by atoms with E-state index in [0.717, 1.165) is 5.56 Å². The van der Waals surface area contributed by atoms with Crippen molar-refractivity contribution in [2.75, 3.05) is 50.7 Å². The first-order chi connectivity index (χ1) is 19.8. The standard InChI is InChI=1S/C31H43N3O7/c1-4-40-31-24(13-15-38-17-18-39-16-14-35)25(21(2)3)19-28(41-31)30(37)33-20-22-9-11-23(12-10-22)29(36)34-27-8-6-5-7-26(27)32/h5-12,19,21,24-25,31,35H,4,13-18,20,32H2,1-3H3,(H,33,37)(H,34,36)/t24-,25-,31-/m1/s1. The van der Waals surface area contributed by atoms with Crippen LogP contribution in [-0.4, -0.2) is 62.9 Å². The van der Waals surface area contributed by atoms with E-state index >= 15 is 0 Å². The maximum Gasteiger partial charge on any atom is 0.286 e. The molecule has 2 amide bonds. The van der Waals surface area contributed by atoms with E-state index in [-0.39, 0.29) is 48.5 Å². The zero-order valence-corrected chi connectivity index (χ0v) is 24.1. The van der Waals surface area contributed by atoms with E-state index in [1.165, 1.54) is 0 Å². The van der Waals surface area contributed by atoms with Gasteiger partial charge in [0.1, 0.15) is 0 Å². The minimum absolute atomic E-state index is 0.00971. The molecule has 5 N–H and O–H groups in total. The second-order valence-corrected chi connectivity index (χ2v) is 10.1. The molecular weight excluding hydrogens is 526 g/mol. The fraction of sp³-hybridized carbons (Fsp3) is 0.484. The summed E-state index contributed by atoms with van der Waals surface area (Å²) in [5.41, 5.74) is 8.27. The normalized spacial score (nSPS) is 18.5. The quantitative estimate of drug-likeness (QED) is 0.177. The zero-order valence-electron chi connectivity index (χ0n) is 24.1. The van der Waals surface area contributed by atoms with Gasteiger partial charge in [-0.15, -0.1) is 0 Å². The number of anilines is 2. The molecule has 1 aliphatic rings. The predicted molar refractivity (Wildman–Crippen MR) is 157 cm³/mol. The van der Waals surface area contributed by atoms with Gasteiger partial charge in [0, 0.05) is 31.2 Å². The molecule has 2 aromatic rings. The second-order valence-electron chi connectivity index (χ2n) is 10.1. The summed E-state index contributed by atoms with van der Waals surface area (Å²) in [6.07, 6.45) is 2.03. The summed E-state index contributed by atoms with van der Waals surface area (Å²) in [6, 6.07) is 14.1. The van der Waals surface area contributed by atoms with Crippen LogP contribution in [0.3, 0.4) is 0 Å². The number of benzene rings is 2. The first-order valence-electron chi connectivity index (χ1n) is 14.1. The molecule has 0 bridgehead atoms. The van der Waals surface area contributed by atoms with E-state index in [4.69, 9.17) is 29.8 Å². The number of nitrogens with one attached hydrogen (secondary N) is 2. The van der Waals surface area contributed by atoms with Crippen LogP contribution in [0.1, 0.15) is 43.1 Å². The van der Waals surface area contributed by atoms with Gasteiger partial charge in [-0.2, -0.15) is 0 Å². The van der Waals surface area contributed by atoms with Crippen molar-refractivity contribution in [3.8, 4) is 0 Å². The number of carbonyl (C=O) groups excluding carboxylic acids is 2. The van der Waals surface area contributed by atoms with Crippen molar-refractivity contribution in [1.29, 1.82) is 0 Å². The van der Waals surface area contributed by atoms with E-state index in [1.807, 2.05) is 13.0 Å². The molecule has 0 saturated heterocycles. The zero-order chi connectivity index (χ0) is 29.6. The molecule has 3 rings (SSSR count). The molecule has 10 heteroatoms. The Morgan fingerprint density at radius 1 is 1.00 bits per heavy atom. The van der Waals surface area contributed by atoms with Crippen molar-refractivity contribution in [1.82, 2.24) is 5.32 Å². The van der Waals surface area contributed by atoms with Crippen molar-refractivity contribution in [3.05, 3.63) is 71.5 Å². The summed E-state index contributed by atoms with van der Waals surface area (Å²) < 4.78 is 22.9. The maximum absolute atomic E-state index is 13.1. The average molecular weight is 570 g/mol. The van der Waals surface area contributed by atoms with Crippen molar-refractivity contribution >= 4 is 23.2 Å². The van der Waals surface area contributed by atoms with Crippen LogP contribution in [0.4, 0.5) is 11.4 Å². The summed E-state index contributed by atoms with van der Waals surface area (Å²) >= 11 is 0. The fourth-order valence-electron chi connectivity index (χ4n) is 4.65. The Balaban J connectivity index is 1.56. The van der Waals surface area contributed by atoms with Gasteiger partial charge >= 0.3 is 0 Å². The van der Waals surface area contributed by atoms with Crippen molar-refractivity contribution in [3.63, 3.8) is 0 Å². The van der Waals surface area contributed by atoms with E-state index in [9.17, 15) is 9.59 Å². The summed E-state index contributed by atoms with van der Waals surface area (Å²) in [6.45, 7) is 8.51. The van der Waals surface area contributed by atoms with Crippen LogP contribution in [-0.2, 0) is 30.3 Å². The molecule has 0 unspecified atom stereocenters.